The molecule has 0 heterocycles. The molecule has 1 amide bonds. The van der Waals surface area contributed by atoms with Crippen molar-refractivity contribution in [1.29, 1.82) is 0 Å². The van der Waals surface area contributed by atoms with Crippen LogP contribution in [-0.4, -0.2) is 44.7 Å². The third-order valence-corrected chi connectivity index (χ3v) is 2.44. The Bertz CT molecular complexity index is 543. The number of nitrogens with two attached hydrogens (primary N) is 1. The second kappa shape index (κ2) is 5.26. The van der Waals surface area contributed by atoms with E-state index in [9.17, 15) is 19.2 Å². The van der Waals surface area contributed by atoms with Crippen LogP contribution in [0.4, 0.5) is 5.69 Å². The molecule has 0 saturated heterocycles. The van der Waals surface area contributed by atoms with Crippen molar-refractivity contribution in [3.8, 4) is 0 Å². The maximum atomic E-state index is 11.7. The fourth-order valence-corrected chi connectivity index (χ4v) is 1.31. The van der Waals surface area contributed by atoms with Gasteiger partial charge >= 0.3 is 23.4 Å². The topological polar surface area (TPSA) is 167 Å². The van der Waals surface area contributed by atoms with Crippen LogP contribution in [-0.2, 0) is 14.4 Å². The lowest BCUT2D eigenvalue weighted by Crippen LogP contribution is -2.65. The van der Waals surface area contributed by atoms with Gasteiger partial charge in [-0.2, -0.15) is 0 Å². The molecule has 0 radical (unpaired) electrons. The van der Waals surface area contributed by atoms with E-state index in [0.29, 0.717) is 5.69 Å². The zero-order valence-corrected chi connectivity index (χ0v) is 9.86. The van der Waals surface area contributed by atoms with Crippen LogP contribution in [0, 0.1) is 0 Å². The molecule has 1 aromatic rings. The number of carbonyl (C=O) groups excluding carboxylic acids is 1. The largest absolute Gasteiger partial charge is 0.479 e. The number of amides is 1. The third kappa shape index (κ3) is 2.51. The lowest BCUT2D eigenvalue weighted by atomic mass is 9.99. The number of nitrogen functional groups attached to an aromatic ring is 1. The monoisotopic (exact) mass is 282 g/mol. The first-order valence-electron chi connectivity index (χ1n) is 5.10. The molecule has 1 rings (SSSR count). The van der Waals surface area contributed by atoms with E-state index in [-0.39, 0.29) is 5.56 Å². The van der Waals surface area contributed by atoms with Gasteiger partial charge in [0.1, 0.15) is 0 Å². The summed E-state index contributed by atoms with van der Waals surface area (Å²) in [6, 6.07) is 5.03. The summed E-state index contributed by atoms with van der Waals surface area (Å²) >= 11 is 0. The van der Waals surface area contributed by atoms with Crippen molar-refractivity contribution in [3.63, 3.8) is 0 Å². The van der Waals surface area contributed by atoms with Gasteiger partial charge in [0.15, 0.2) is 0 Å². The van der Waals surface area contributed by atoms with Crippen LogP contribution in [0.3, 0.4) is 0 Å². The molecule has 20 heavy (non-hydrogen) atoms. The number of benzene rings is 1. The van der Waals surface area contributed by atoms with Crippen LogP contribution < -0.4 is 11.1 Å². The van der Waals surface area contributed by atoms with E-state index in [2.05, 4.69) is 0 Å². The maximum Gasteiger partial charge on any atom is 0.353 e. The summed E-state index contributed by atoms with van der Waals surface area (Å²) in [5.41, 5.74) is 2.11. The van der Waals surface area contributed by atoms with E-state index in [0.717, 1.165) is 0 Å². The summed E-state index contributed by atoms with van der Waals surface area (Å²) in [4.78, 5) is 44.5. The molecule has 0 bridgehead atoms. The van der Waals surface area contributed by atoms with E-state index < -0.39 is 29.4 Å². The van der Waals surface area contributed by atoms with Gasteiger partial charge in [0.05, 0.1) is 0 Å². The van der Waals surface area contributed by atoms with E-state index in [4.69, 9.17) is 21.1 Å². The summed E-state index contributed by atoms with van der Waals surface area (Å²) < 4.78 is 0. The van der Waals surface area contributed by atoms with Crippen LogP contribution >= 0.6 is 0 Å². The molecule has 0 atom stereocenters. The fraction of sp³-hybridized carbons (Fsp3) is 0.0909. The standard InChI is InChI=1S/C11H10N2O7/c12-6-3-1-5(2-4-6)7(14)13-11(8(15)16,9(17)18)10(19)20/h1-4H,12H2,(H,13,14)(H,15,16)(H,17,18)(H,19,20). The Balaban J connectivity index is 3.17. The van der Waals surface area contributed by atoms with E-state index in [1.807, 2.05) is 0 Å². The highest BCUT2D eigenvalue weighted by molar-refractivity contribution is 6.24. The minimum Gasteiger partial charge on any atom is -0.479 e. The van der Waals surface area contributed by atoms with Crippen molar-refractivity contribution in [3.05, 3.63) is 29.8 Å². The predicted molar refractivity (Wildman–Crippen MR) is 64.0 cm³/mol. The maximum absolute atomic E-state index is 11.7. The molecule has 0 aliphatic rings. The first-order valence-corrected chi connectivity index (χ1v) is 5.10. The molecule has 0 aromatic heterocycles. The number of aliphatic carboxylic acids is 3. The first kappa shape index (κ1) is 15.0. The second-order valence-corrected chi connectivity index (χ2v) is 3.74. The highest BCUT2D eigenvalue weighted by Gasteiger charge is 2.56. The van der Waals surface area contributed by atoms with Gasteiger partial charge in [-0.15, -0.1) is 0 Å². The number of carboxylic acid groups (broad SMARTS) is 3. The van der Waals surface area contributed by atoms with E-state index in [1.54, 1.807) is 0 Å². The highest BCUT2D eigenvalue weighted by Crippen LogP contribution is 2.11. The molecular formula is C11H10N2O7. The molecule has 9 heteroatoms. The normalized spacial score (nSPS) is 10.6. The summed E-state index contributed by atoms with van der Waals surface area (Å²) in [5.74, 6) is -7.83. The lowest BCUT2D eigenvalue weighted by molar-refractivity contribution is -0.168. The SMILES string of the molecule is Nc1ccc(C(=O)NC(C(=O)O)(C(=O)O)C(=O)O)cc1. The minimum atomic E-state index is -3.46. The van der Waals surface area contributed by atoms with Crippen LogP contribution in [0.1, 0.15) is 10.4 Å². The molecule has 106 valence electrons. The fourth-order valence-electron chi connectivity index (χ4n) is 1.31. The number of nitrogens with one attached hydrogen (secondary N) is 1. The molecule has 6 N–H and O–H groups in total. The van der Waals surface area contributed by atoms with Crippen molar-refractivity contribution in [2.75, 3.05) is 5.73 Å². The Morgan fingerprint density at radius 2 is 1.30 bits per heavy atom. The Kier molecular flexibility index (Phi) is 3.94. The highest BCUT2D eigenvalue weighted by atomic mass is 16.4. The molecule has 0 spiro atoms. The van der Waals surface area contributed by atoms with Gasteiger partial charge < -0.3 is 26.4 Å². The Labute approximate surface area is 111 Å². The summed E-state index contributed by atoms with van der Waals surface area (Å²) in [6.07, 6.45) is 0. The number of carbonyl (C=O) groups is 4. The third-order valence-electron chi connectivity index (χ3n) is 2.44. The van der Waals surface area contributed by atoms with Crippen molar-refractivity contribution in [1.82, 2.24) is 5.32 Å². The number of anilines is 1. The van der Waals surface area contributed by atoms with Crippen molar-refractivity contribution < 1.29 is 34.5 Å². The summed E-state index contributed by atoms with van der Waals surface area (Å²) in [5, 5.41) is 27.9. The predicted octanol–water partition coefficient (Wildman–Crippen LogP) is -1.01. The van der Waals surface area contributed by atoms with Crippen LogP contribution in [0.15, 0.2) is 24.3 Å². The number of carboxylic acids is 3. The van der Waals surface area contributed by atoms with E-state index in [1.165, 1.54) is 29.6 Å². The average Bonchev–Trinajstić information content (AvgIpc) is 2.35. The molecule has 0 aliphatic carbocycles. The molecular weight excluding hydrogens is 272 g/mol. The lowest BCUT2D eigenvalue weighted by Gasteiger charge is -2.21. The van der Waals surface area contributed by atoms with Crippen LogP contribution in [0.5, 0.6) is 0 Å². The number of hydrogen-bond donors (Lipinski definition) is 5. The second-order valence-electron chi connectivity index (χ2n) is 3.74. The van der Waals surface area contributed by atoms with Crippen molar-refractivity contribution in [2.24, 2.45) is 0 Å². The smallest absolute Gasteiger partial charge is 0.353 e. The summed E-state index contributed by atoms with van der Waals surface area (Å²) in [6.45, 7) is 0. The minimum absolute atomic E-state index is 0.132. The van der Waals surface area contributed by atoms with Gasteiger partial charge in [-0.1, -0.05) is 0 Å². The Morgan fingerprint density at radius 1 is 0.900 bits per heavy atom. The number of hydrogen-bond acceptors (Lipinski definition) is 5. The van der Waals surface area contributed by atoms with Crippen LogP contribution in [0.2, 0.25) is 0 Å². The van der Waals surface area contributed by atoms with Crippen molar-refractivity contribution in [2.45, 2.75) is 5.54 Å². The zero-order valence-electron chi connectivity index (χ0n) is 9.86. The molecule has 0 fully saturated rings. The molecule has 0 saturated carbocycles. The van der Waals surface area contributed by atoms with Gasteiger partial charge in [-0.3, -0.25) is 4.79 Å². The van der Waals surface area contributed by atoms with E-state index >= 15 is 0 Å². The van der Waals surface area contributed by atoms with Crippen molar-refractivity contribution >= 4 is 29.5 Å². The molecule has 0 unspecified atom stereocenters. The quantitative estimate of drug-likeness (QED) is 0.338. The first-order chi connectivity index (χ1) is 9.21. The number of rotatable bonds is 5. The zero-order chi connectivity index (χ0) is 15.5. The van der Waals surface area contributed by atoms with Gasteiger partial charge in [0.25, 0.3) is 5.91 Å². The van der Waals surface area contributed by atoms with Gasteiger partial charge in [0, 0.05) is 11.3 Å². The molecule has 1 aromatic carbocycles. The average molecular weight is 282 g/mol. The van der Waals surface area contributed by atoms with Gasteiger partial charge in [-0.25, -0.2) is 14.4 Å². The Morgan fingerprint density at radius 3 is 1.65 bits per heavy atom. The molecule has 0 aliphatic heterocycles. The van der Waals surface area contributed by atoms with Gasteiger partial charge in [-0.05, 0) is 24.3 Å². The Hall–Kier alpha value is -3.10. The molecule has 9 nitrogen and oxygen atoms in total. The van der Waals surface area contributed by atoms with Crippen LogP contribution in [0.25, 0.3) is 0 Å². The van der Waals surface area contributed by atoms with Gasteiger partial charge in [0.2, 0.25) is 0 Å². The summed E-state index contributed by atoms with van der Waals surface area (Å²) in [7, 11) is 0.